The summed E-state index contributed by atoms with van der Waals surface area (Å²) in [6.45, 7) is -0.157. The maximum atomic E-state index is 13.8. The van der Waals surface area contributed by atoms with Gasteiger partial charge in [-0.2, -0.15) is 35.1 Å². The van der Waals surface area contributed by atoms with Gasteiger partial charge in [0, 0.05) is 0 Å². The number of alkyl halides is 12. The summed E-state index contributed by atoms with van der Waals surface area (Å²) >= 11 is 0. The lowest BCUT2D eigenvalue weighted by Crippen LogP contribution is -2.74. The zero-order valence-electron chi connectivity index (χ0n) is 11.1. The molecule has 0 aromatic rings. The number of ether oxygens (including phenoxy) is 1. The molecule has 0 aromatic heterocycles. The van der Waals surface area contributed by atoms with Crippen LogP contribution in [0.25, 0.3) is 0 Å². The third kappa shape index (κ3) is 3.48. The molecular formula is C10H10F12O. The Morgan fingerprint density at radius 3 is 1.48 bits per heavy atom. The molecule has 0 amide bonds. The van der Waals surface area contributed by atoms with E-state index in [4.69, 9.17) is 0 Å². The van der Waals surface area contributed by atoms with Crippen LogP contribution >= 0.6 is 0 Å². The van der Waals surface area contributed by atoms with E-state index in [0.717, 1.165) is 0 Å². The molecule has 2 unspecified atom stereocenters. The van der Waals surface area contributed by atoms with Gasteiger partial charge in [-0.1, -0.05) is 13.3 Å². The molecule has 0 aliphatic rings. The van der Waals surface area contributed by atoms with Crippen LogP contribution in [0, 0.1) is 0 Å². The second-order valence-corrected chi connectivity index (χ2v) is 4.38. The average Bonchev–Trinajstić information content (AvgIpc) is 2.34. The van der Waals surface area contributed by atoms with Gasteiger partial charge in [-0.05, 0) is 6.42 Å². The van der Waals surface area contributed by atoms with Gasteiger partial charge in [-0.15, -0.1) is 0 Å². The van der Waals surface area contributed by atoms with E-state index in [-0.39, 0.29) is 6.42 Å². The van der Waals surface area contributed by atoms with Crippen molar-refractivity contribution in [3.63, 3.8) is 0 Å². The minimum atomic E-state index is -7.53. The fourth-order valence-corrected chi connectivity index (χ4v) is 1.46. The third-order valence-corrected chi connectivity index (χ3v) is 2.74. The topological polar surface area (TPSA) is 9.23 Å². The molecule has 0 bridgehead atoms. The molecular weight excluding hydrogens is 364 g/mol. The molecule has 0 saturated carbocycles. The van der Waals surface area contributed by atoms with Crippen LogP contribution in [-0.2, 0) is 4.74 Å². The Kier molecular flexibility index (Phi) is 6.30. The third-order valence-electron chi connectivity index (χ3n) is 2.74. The summed E-state index contributed by atoms with van der Waals surface area (Å²) < 4.78 is 155. The van der Waals surface area contributed by atoms with Crippen LogP contribution in [0.3, 0.4) is 0 Å². The van der Waals surface area contributed by atoms with Gasteiger partial charge in [-0.25, -0.2) is 17.6 Å². The average molecular weight is 374 g/mol. The van der Waals surface area contributed by atoms with Gasteiger partial charge < -0.3 is 4.74 Å². The first-order valence-electron chi connectivity index (χ1n) is 5.81. The minimum absolute atomic E-state index is 0.0414. The zero-order valence-corrected chi connectivity index (χ0v) is 11.1. The molecule has 0 aromatic carbocycles. The fraction of sp³-hybridized carbons (Fsp3) is 1.00. The lowest BCUT2D eigenvalue weighted by molar-refractivity contribution is -0.452. The molecule has 0 N–H and O–H groups in total. The van der Waals surface area contributed by atoms with Gasteiger partial charge in [0.25, 0.3) is 6.43 Å². The molecule has 0 saturated heterocycles. The van der Waals surface area contributed by atoms with Crippen molar-refractivity contribution < 1.29 is 57.4 Å². The van der Waals surface area contributed by atoms with Crippen LogP contribution in [0.15, 0.2) is 0 Å². The van der Waals surface area contributed by atoms with Gasteiger partial charge in [0.1, 0.15) is 0 Å². The monoisotopic (exact) mass is 374 g/mol. The summed E-state index contributed by atoms with van der Waals surface area (Å²) in [5, 5.41) is 0. The maximum Gasteiger partial charge on any atom is 0.457 e. The second kappa shape index (κ2) is 6.55. The van der Waals surface area contributed by atoms with Gasteiger partial charge >= 0.3 is 29.8 Å². The van der Waals surface area contributed by atoms with Crippen molar-refractivity contribution in [2.24, 2.45) is 0 Å². The van der Waals surface area contributed by atoms with E-state index in [1.165, 1.54) is 6.92 Å². The first kappa shape index (κ1) is 22.1. The van der Waals surface area contributed by atoms with Crippen LogP contribution < -0.4 is 0 Å². The quantitative estimate of drug-likeness (QED) is 0.440. The van der Waals surface area contributed by atoms with Gasteiger partial charge in [0.2, 0.25) is 0 Å². The first-order valence-corrected chi connectivity index (χ1v) is 5.81. The van der Waals surface area contributed by atoms with Crippen molar-refractivity contribution in [3.8, 4) is 0 Å². The summed E-state index contributed by atoms with van der Waals surface area (Å²) in [7, 11) is 0. The number of halogens is 12. The second-order valence-electron chi connectivity index (χ2n) is 4.38. The van der Waals surface area contributed by atoms with E-state index in [1.54, 1.807) is 0 Å². The summed E-state index contributed by atoms with van der Waals surface area (Å²) in [6.07, 6.45) is -20.5. The highest BCUT2D eigenvalue weighted by Gasteiger charge is 2.91. The van der Waals surface area contributed by atoms with Gasteiger partial charge in [-0.3, -0.25) is 0 Å². The Morgan fingerprint density at radius 2 is 1.22 bits per heavy atom. The molecule has 0 heterocycles. The Bertz CT molecular complexity index is 388. The Labute approximate surface area is 121 Å². The number of hydrogen-bond donors (Lipinski definition) is 0. The molecule has 0 radical (unpaired) electrons. The fourth-order valence-electron chi connectivity index (χ4n) is 1.46. The highest BCUT2D eigenvalue weighted by Crippen LogP contribution is 2.60. The smallest absolute Gasteiger partial charge is 0.339 e. The molecule has 2 atom stereocenters. The standard InChI is InChI=1S/C10H10F12O/c1-2-3-4-23-6(13,5(11)12)7(14,9(17,18)19)8(15,16)10(20,21)22/h5H,2-4H2,1H3. The molecule has 1 nitrogen and oxygen atoms in total. The summed E-state index contributed by atoms with van der Waals surface area (Å²) in [5.74, 6) is -13.8. The molecule has 140 valence electrons. The predicted molar refractivity (Wildman–Crippen MR) is 51.6 cm³/mol. The van der Waals surface area contributed by atoms with Crippen LogP contribution in [0.4, 0.5) is 52.7 Å². The highest BCUT2D eigenvalue weighted by atomic mass is 19.4. The van der Waals surface area contributed by atoms with E-state index in [9.17, 15) is 52.7 Å². The molecule has 0 aliphatic heterocycles. The van der Waals surface area contributed by atoms with E-state index in [2.05, 4.69) is 4.74 Å². The van der Waals surface area contributed by atoms with Crippen molar-refractivity contribution in [1.29, 1.82) is 0 Å². The Hall–Kier alpha value is -0.880. The van der Waals surface area contributed by atoms with Gasteiger partial charge in [0.15, 0.2) is 0 Å². The van der Waals surface area contributed by atoms with Crippen LogP contribution in [-0.4, -0.2) is 42.8 Å². The van der Waals surface area contributed by atoms with Crippen molar-refractivity contribution in [1.82, 2.24) is 0 Å². The molecule has 23 heavy (non-hydrogen) atoms. The van der Waals surface area contributed by atoms with E-state index in [1.807, 2.05) is 0 Å². The summed E-state index contributed by atoms with van der Waals surface area (Å²) in [6, 6.07) is 0. The summed E-state index contributed by atoms with van der Waals surface area (Å²) in [4.78, 5) is 0. The van der Waals surface area contributed by atoms with E-state index >= 15 is 0 Å². The van der Waals surface area contributed by atoms with Crippen LogP contribution in [0.2, 0.25) is 0 Å². The predicted octanol–water partition coefficient (Wildman–Crippen LogP) is 5.20. The van der Waals surface area contributed by atoms with Crippen molar-refractivity contribution in [3.05, 3.63) is 0 Å². The number of unbranched alkanes of at least 4 members (excludes halogenated alkanes) is 1. The molecule has 0 aliphatic carbocycles. The minimum Gasteiger partial charge on any atom is -0.339 e. The van der Waals surface area contributed by atoms with Crippen LogP contribution in [0.5, 0.6) is 0 Å². The lowest BCUT2D eigenvalue weighted by atomic mass is 9.87. The number of rotatable bonds is 7. The normalized spacial score (nSPS) is 19.6. The van der Waals surface area contributed by atoms with E-state index in [0.29, 0.717) is 0 Å². The summed E-state index contributed by atoms with van der Waals surface area (Å²) in [5.41, 5.74) is -7.35. The molecule has 13 heteroatoms. The molecule has 0 fully saturated rings. The highest BCUT2D eigenvalue weighted by molar-refractivity contribution is 5.13. The van der Waals surface area contributed by atoms with Gasteiger partial charge in [0.05, 0.1) is 6.61 Å². The van der Waals surface area contributed by atoms with Crippen LogP contribution in [0.1, 0.15) is 19.8 Å². The zero-order chi connectivity index (χ0) is 18.9. The van der Waals surface area contributed by atoms with Crippen molar-refractivity contribution in [2.45, 2.75) is 56.0 Å². The SMILES string of the molecule is CCCCOC(F)(C(F)F)C(F)(C(F)(F)F)C(F)(F)C(F)(F)F. The van der Waals surface area contributed by atoms with Crippen molar-refractivity contribution in [2.75, 3.05) is 6.61 Å². The largest absolute Gasteiger partial charge is 0.457 e. The lowest BCUT2D eigenvalue weighted by Gasteiger charge is -2.43. The molecule has 0 rings (SSSR count). The van der Waals surface area contributed by atoms with Crippen molar-refractivity contribution >= 4 is 0 Å². The maximum absolute atomic E-state index is 13.8. The first-order chi connectivity index (χ1) is 10.0. The van der Waals surface area contributed by atoms with E-state index < -0.39 is 49.3 Å². The molecule has 0 spiro atoms. The Morgan fingerprint density at radius 1 is 0.783 bits per heavy atom. The number of hydrogen-bond acceptors (Lipinski definition) is 1. The Balaban J connectivity index is 6.33.